The highest BCUT2D eigenvalue weighted by Gasteiger charge is 2.55. The molecule has 7 nitrogen and oxygen atoms in total. The molecule has 1 fully saturated rings. The summed E-state index contributed by atoms with van der Waals surface area (Å²) in [6, 6.07) is 7.46. The number of hydrogen-bond donors (Lipinski definition) is 1. The molecule has 1 spiro atoms. The largest absolute Gasteiger partial charge is 0.325 e. The van der Waals surface area contributed by atoms with Crippen LogP contribution in [0.1, 0.15) is 30.2 Å². The van der Waals surface area contributed by atoms with Crippen LogP contribution in [0.25, 0.3) is 0 Å². The minimum absolute atomic E-state index is 0.184. The number of hydrogen-bond acceptors (Lipinski definition) is 4. The lowest BCUT2D eigenvalue weighted by Crippen LogP contribution is -2.41. The highest BCUT2D eigenvalue weighted by Crippen LogP contribution is 2.41. The zero-order valence-corrected chi connectivity index (χ0v) is 12.8. The summed E-state index contributed by atoms with van der Waals surface area (Å²) in [7, 11) is 0. The van der Waals surface area contributed by atoms with E-state index in [4.69, 9.17) is 0 Å². The smallest absolute Gasteiger partial charge is 0.319 e. The van der Waals surface area contributed by atoms with Gasteiger partial charge in [-0.15, -0.1) is 5.10 Å². The Morgan fingerprint density at radius 2 is 2.13 bits per heavy atom. The molecule has 0 radical (unpaired) electrons. The van der Waals surface area contributed by atoms with Crippen molar-refractivity contribution in [2.75, 3.05) is 0 Å². The van der Waals surface area contributed by atoms with Crippen LogP contribution < -0.4 is 5.32 Å². The van der Waals surface area contributed by atoms with Gasteiger partial charge in [-0.2, -0.15) is 0 Å². The van der Waals surface area contributed by atoms with Crippen molar-refractivity contribution in [1.29, 1.82) is 0 Å². The molecule has 1 saturated heterocycles. The number of rotatable bonds is 3. The van der Waals surface area contributed by atoms with E-state index in [0.717, 1.165) is 23.2 Å². The molecule has 0 bridgehead atoms. The Hall–Kier alpha value is -2.70. The molecule has 118 valence electrons. The van der Waals surface area contributed by atoms with Crippen molar-refractivity contribution < 1.29 is 9.59 Å². The maximum atomic E-state index is 13.0. The quantitative estimate of drug-likeness (QED) is 0.864. The van der Waals surface area contributed by atoms with Crippen molar-refractivity contribution in [2.24, 2.45) is 0 Å². The second kappa shape index (κ2) is 4.91. The summed E-state index contributed by atoms with van der Waals surface area (Å²) < 4.78 is 1.69. The van der Waals surface area contributed by atoms with Crippen molar-refractivity contribution >= 4 is 11.9 Å². The zero-order valence-electron chi connectivity index (χ0n) is 12.8. The number of nitrogens with zero attached hydrogens (tertiary/aromatic N) is 4. The highest BCUT2D eigenvalue weighted by atomic mass is 16.2. The Morgan fingerprint density at radius 3 is 2.96 bits per heavy atom. The van der Waals surface area contributed by atoms with Gasteiger partial charge in [0.1, 0.15) is 5.54 Å². The Balaban J connectivity index is 1.68. The standard InChI is InChI=1S/C16H17N5O2/c1-2-21-12(9-17-19-21)10-20-14(22)16(18-15(20)23)8-7-11-5-3-4-6-13(11)16/h3-6,9H,2,7-8,10H2,1H3,(H,18,23). The lowest BCUT2D eigenvalue weighted by Gasteiger charge is -2.22. The van der Waals surface area contributed by atoms with Gasteiger partial charge in [0.25, 0.3) is 5.91 Å². The van der Waals surface area contributed by atoms with Crippen LogP contribution in [-0.4, -0.2) is 31.8 Å². The van der Waals surface area contributed by atoms with E-state index in [1.807, 2.05) is 31.2 Å². The van der Waals surface area contributed by atoms with Crippen LogP contribution in [0.3, 0.4) is 0 Å². The first kappa shape index (κ1) is 13.9. The van der Waals surface area contributed by atoms with Crippen molar-refractivity contribution in [3.8, 4) is 0 Å². The first-order valence-electron chi connectivity index (χ1n) is 7.75. The molecule has 1 atom stereocenters. The number of amides is 3. The van der Waals surface area contributed by atoms with E-state index in [1.165, 1.54) is 4.90 Å². The van der Waals surface area contributed by atoms with E-state index in [1.54, 1.807) is 10.9 Å². The van der Waals surface area contributed by atoms with Gasteiger partial charge in [-0.1, -0.05) is 29.5 Å². The Bertz CT molecular complexity index is 799. The number of aromatic nitrogens is 3. The number of aryl methyl sites for hydroxylation is 2. The number of carbonyl (C=O) groups is 2. The second-order valence-electron chi connectivity index (χ2n) is 5.93. The van der Waals surface area contributed by atoms with Gasteiger partial charge in [-0.3, -0.25) is 9.69 Å². The Labute approximate surface area is 133 Å². The molecule has 1 N–H and O–H groups in total. The summed E-state index contributed by atoms with van der Waals surface area (Å²) in [5, 5.41) is 10.7. The topological polar surface area (TPSA) is 80.1 Å². The van der Waals surface area contributed by atoms with Crippen LogP contribution in [0.4, 0.5) is 4.79 Å². The van der Waals surface area contributed by atoms with Gasteiger partial charge in [-0.05, 0) is 30.9 Å². The van der Waals surface area contributed by atoms with Crippen molar-refractivity contribution in [2.45, 2.75) is 38.4 Å². The van der Waals surface area contributed by atoms with Crippen LogP contribution in [-0.2, 0) is 29.8 Å². The van der Waals surface area contributed by atoms with Gasteiger partial charge in [0.15, 0.2) is 0 Å². The van der Waals surface area contributed by atoms with Crippen molar-refractivity contribution in [3.63, 3.8) is 0 Å². The first-order chi connectivity index (χ1) is 11.2. The predicted octanol–water partition coefficient (Wildman–Crippen LogP) is 1.19. The molecule has 2 heterocycles. The summed E-state index contributed by atoms with van der Waals surface area (Å²) in [5.74, 6) is -0.184. The molecule has 0 saturated carbocycles. The van der Waals surface area contributed by atoms with E-state index in [0.29, 0.717) is 13.0 Å². The van der Waals surface area contributed by atoms with Crippen LogP contribution in [0.15, 0.2) is 30.5 Å². The monoisotopic (exact) mass is 311 g/mol. The fourth-order valence-electron chi connectivity index (χ4n) is 3.56. The number of nitrogens with one attached hydrogen (secondary N) is 1. The third kappa shape index (κ3) is 1.89. The van der Waals surface area contributed by atoms with Gasteiger partial charge in [0, 0.05) is 6.54 Å². The minimum atomic E-state index is -0.905. The van der Waals surface area contributed by atoms with E-state index in [-0.39, 0.29) is 18.5 Å². The fraction of sp³-hybridized carbons (Fsp3) is 0.375. The second-order valence-corrected chi connectivity index (χ2v) is 5.93. The third-order valence-corrected chi connectivity index (χ3v) is 4.74. The van der Waals surface area contributed by atoms with Gasteiger partial charge in [-0.25, -0.2) is 9.48 Å². The highest BCUT2D eigenvalue weighted by molar-refractivity contribution is 6.08. The predicted molar refractivity (Wildman–Crippen MR) is 81.2 cm³/mol. The molecular weight excluding hydrogens is 294 g/mol. The normalized spacial score (nSPS) is 22.7. The summed E-state index contributed by atoms with van der Waals surface area (Å²) in [6.45, 7) is 2.78. The van der Waals surface area contributed by atoms with Gasteiger partial charge in [0.05, 0.1) is 18.4 Å². The van der Waals surface area contributed by atoms with Gasteiger partial charge >= 0.3 is 6.03 Å². The molecule has 1 aliphatic heterocycles. The van der Waals surface area contributed by atoms with Crippen LogP contribution >= 0.6 is 0 Å². The average Bonchev–Trinajstić information content (AvgIpc) is 3.22. The molecule has 23 heavy (non-hydrogen) atoms. The van der Waals surface area contributed by atoms with Crippen molar-refractivity contribution in [1.82, 2.24) is 25.2 Å². The summed E-state index contributed by atoms with van der Waals surface area (Å²) >= 11 is 0. The maximum absolute atomic E-state index is 13.0. The van der Waals surface area contributed by atoms with Gasteiger partial charge < -0.3 is 5.32 Å². The third-order valence-electron chi connectivity index (χ3n) is 4.74. The SMILES string of the molecule is CCn1nncc1CN1C(=O)NC2(CCc3ccccc32)C1=O. The van der Waals surface area contributed by atoms with E-state index in [2.05, 4.69) is 15.6 Å². The fourth-order valence-corrected chi connectivity index (χ4v) is 3.56. The summed E-state index contributed by atoms with van der Waals surface area (Å²) in [6.07, 6.45) is 3.00. The minimum Gasteiger partial charge on any atom is -0.319 e. The number of benzene rings is 1. The molecule has 1 aromatic heterocycles. The Morgan fingerprint density at radius 1 is 1.30 bits per heavy atom. The average molecular weight is 311 g/mol. The molecule has 4 rings (SSSR count). The number of fused-ring (bicyclic) bond motifs is 2. The lowest BCUT2D eigenvalue weighted by molar-refractivity contribution is -0.132. The van der Waals surface area contributed by atoms with Crippen molar-refractivity contribution in [3.05, 3.63) is 47.3 Å². The van der Waals surface area contributed by atoms with E-state index < -0.39 is 5.54 Å². The molecule has 2 aromatic rings. The maximum Gasteiger partial charge on any atom is 0.325 e. The van der Waals surface area contributed by atoms with Gasteiger partial charge in [0.2, 0.25) is 0 Å². The lowest BCUT2D eigenvalue weighted by atomic mass is 9.92. The molecular formula is C16H17N5O2. The van der Waals surface area contributed by atoms with E-state index >= 15 is 0 Å². The molecule has 1 aliphatic carbocycles. The molecule has 3 amide bonds. The van der Waals surface area contributed by atoms with Crippen LogP contribution in [0.2, 0.25) is 0 Å². The summed E-state index contributed by atoms with van der Waals surface area (Å²) in [4.78, 5) is 26.7. The molecule has 7 heteroatoms. The number of carbonyl (C=O) groups excluding carboxylic acids is 2. The Kier molecular flexibility index (Phi) is 2.97. The summed E-state index contributed by atoms with van der Waals surface area (Å²) in [5.41, 5.74) is 1.89. The zero-order chi connectivity index (χ0) is 16.0. The molecule has 1 unspecified atom stereocenters. The number of imide groups is 1. The molecule has 1 aromatic carbocycles. The van der Waals surface area contributed by atoms with Crippen LogP contribution in [0, 0.1) is 0 Å². The first-order valence-corrected chi connectivity index (χ1v) is 7.75. The van der Waals surface area contributed by atoms with Crippen LogP contribution in [0.5, 0.6) is 0 Å². The molecule has 2 aliphatic rings. The van der Waals surface area contributed by atoms with E-state index in [9.17, 15) is 9.59 Å². The number of urea groups is 1.